The monoisotopic (exact) mass is 190 g/mol. The highest BCUT2D eigenvalue weighted by molar-refractivity contribution is 7.99. The van der Waals surface area contributed by atoms with Crippen molar-refractivity contribution in [3.05, 3.63) is 0 Å². The van der Waals surface area contributed by atoms with E-state index >= 15 is 0 Å². The number of thioether (sulfide) groups is 1. The Kier molecular flexibility index (Phi) is 2.40. The molecule has 70 valence electrons. The van der Waals surface area contributed by atoms with Crippen molar-refractivity contribution in [2.24, 2.45) is 5.41 Å². The van der Waals surface area contributed by atoms with Crippen LogP contribution in [-0.4, -0.2) is 33.3 Å². The van der Waals surface area contributed by atoms with Crippen LogP contribution in [0.5, 0.6) is 0 Å². The molecule has 12 heavy (non-hydrogen) atoms. The molecule has 0 aliphatic carbocycles. The highest BCUT2D eigenvalue weighted by Crippen LogP contribution is 2.42. The predicted molar refractivity (Wildman–Crippen MR) is 48.3 cm³/mol. The maximum absolute atomic E-state index is 10.8. The smallest absolute Gasteiger partial charge is 0.337 e. The molecular weight excluding hydrogens is 176 g/mol. The molecule has 0 aromatic carbocycles. The van der Waals surface area contributed by atoms with Crippen LogP contribution in [0.1, 0.15) is 20.3 Å². The molecule has 1 aliphatic heterocycles. The van der Waals surface area contributed by atoms with E-state index in [2.05, 4.69) is 0 Å². The lowest BCUT2D eigenvalue weighted by Crippen LogP contribution is -2.55. The molecule has 0 aromatic rings. The summed E-state index contributed by atoms with van der Waals surface area (Å²) in [5, 5.41) is 18.7. The lowest BCUT2D eigenvalue weighted by Gasteiger charge is -2.42. The van der Waals surface area contributed by atoms with Crippen LogP contribution in [0.2, 0.25) is 0 Å². The Morgan fingerprint density at radius 1 is 1.50 bits per heavy atom. The van der Waals surface area contributed by atoms with Gasteiger partial charge < -0.3 is 10.2 Å². The molecule has 0 amide bonds. The first-order valence-electron chi connectivity index (χ1n) is 3.94. The average Bonchev–Trinajstić information content (AvgIpc) is 1.95. The fraction of sp³-hybridized carbons (Fsp3) is 0.875. The third-order valence-electron chi connectivity index (χ3n) is 2.66. The first-order chi connectivity index (χ1) is 5.40. The van der Waals surface area contributed by atoms with E-state index in [1.165, 1.54) is 11.8 Å². The summed E-state index contributed by atoms with van der Waals surface area (Å²) in [6, 6.07) is 0. The number of carboxylic acids is 1. The van der Waals surface area contributed by atoms with Crippen LogP contribution in [0, 0.1) is 5.41 Å². The van der Waals surface area contributed by atoms with Crippen LogP contribution >= 0.6 is 11.8 Å². The number of aliphatic hydroxyl groups is 1. The molecular formula is C8H14O3S. The zero-order chi connectivity index (χ0) is 9.41. The third-order valence-corrected chi connectivity index (χ3v) is 3.77. The lowest BCUT2D eigenvalue weighted by atomic mass is 9.73. The number of hydrogen-bond acceptors (Lipinski definition) is 3. The topological polar surface area (TPSA) is 57.5 Å². The fourth-order valence-corrected chi connectivity index (χ4v) is 2.91. The maximum Gasteiger partial charge on any atom is 0.337 e. The summed E-state index contributed by atoms with van der Waals surface area (Å²) in [6.07, 6.45) is 0.750. The Balaban J connectivity index is 2.91. The summed E-state index contributed by atoms with van der Waals surface area (Å²) in [4.78, 5) is 10.8. The molecule has 1 fully saturated rings. The maximum atomic E-state index is 10.8. The van der Waals surface area contributed by atoms with Crippen molar-refractivity contribution in [1.29, 1.82) is 0 Å². The standard InChI is InChI=1S/C8H14O3S/c1-7(2)3-4-12-5-8(7,11)6(9)10/h11H,3-5H2,1-2H3,(H,9,10). The van der Waals surface area contributed by atoms with Gasteiger partial charge in [0.05, 0.1) is 0 Å². The molecule has 4 heteroatoms. The first-order valence-corrected chi connectivity index (χ1v) is 5.09. The van der Waals surface area contributed by atoms with Gasteiger partial charge in [0.2, 0.25) is 0 Å². The number of aliphatic carboxylic acids is 1. The van der Waals surface area contributed by atoms with Gasteiger partial charge in [-0.2, -0.15) is 11.8 Å². The molecule has 1 rings (SSSR count). The predicted octanol–water partition coefficient (Wildman–Crippen LogP) is 0.965. The van der Waals surface area contributed by atoms with Crippen molar-refractivity contribution in [3.8, 4) is 0 Å². The summed E-state index contributed by atoms with van der Waals surface area (Å²) >= 11 is 1.50. The van der Waals surface area contributed by atoms with Crippen LogP contribution in [0.25, 0.3) is 0 Å². The molecule has 0 saturated carbocycles. The Labute approximate surface area is 76.2 Å². The molecule has 1 saturated heterocycles. The third kappa shape index (κ3) is 1.33. The number of rotatable bonds is 1. The number of carbonyl (C=O) groups is 1. The average molecular weight is 190 g/mol. The number of hydrogen-bond donors (Lipinski definition) is 2. The quantitative estimate of drug-likeness (QED) is 0.646. The van der Waals surface area contributed by atoms with Gasteiger partial charge in [-0.15, -0.1) is 0 Å². The zero-order valence-electron chi connectivity index (χ0n) is 7.33. The second kappa shape index (κ2) is 2.92. The van der Waals surface area contributed by atoms with Crippen molar-refractivity contribution < 1.29 is 15.0 Å². The van der Waals surface area contributed by atoms with Crippen LogP contribution in [0.4, 0.5) is 0 Å². The van der Waals surface area contributed by atoms with Crippen molar-refractivity contribution in [3.63, 3.8) is 0 Å². The molecule has 1 heterocycles. The fourth-order valence-electron chi connectivity index (χ4n) is 1.30. The minimum atomic E-state index is -1.55. The highest BCUT2D eigenvalue weighted by atomic mass is 32.2. The van der Waals surface area contributed by atoms with Gasteiger partial charge in [-0.1, -0.05) is 13.8 Å². The van der Waals surface area contributed by atoms with Gasteiger partial charge in [-0.05, 0) is 12.2 Å². The van der Waals surface area contributed by atoms with E-state index in [1.807, 2.05) is 0 Å². The van der Waals surface area contributed by atoms with Crippen molar-refractivity contribution in [2.75, 3.05) is 11.5 Å². The molecule has 3 nitrogen and oxygen atoms in total. The normalized spacial score (nSPS) is 34.6. The second-order valence-corrected chi connectivity index (χ2v) is 4.96. The van der Waals surface area contributed by atoms with Gasteiger partial charge in [0.15, 0.2) is 5.60 Å². The van der Waals surface area contributed by atoms with Gasteiger partial charge in [0.25, 0.3) is 0 Å². The van der Waals surface area contributed by atoms with E-state index in [-0.39, 0.29) is 0 Å². The van der Waals surface area contributed by atoms with Crippen molar-refractivity contribution >= 4 is 17.7 Å². The lowest BCUT2D eigenvalue weighted by molar-refractivity contribution is -0.169. The molecule has 1 aliphatic rings. The van der Waals surface area contributed by atoms with Crippen LogP contribution in [-0.2, 0) is 4.79 Å². The Bertz CT molecular complexity index is 202. The van der Waals surface area contributed by atoms with Gasteiger partial charge in [0.1, 0.15) is 0 Å². The largest absolute Gasteiger partial charge is 0.479 e. The SMILES string of the molecule is CC1(C)CCSCC1(O)C(=O)O. The van der Waals surface area contributed by atoms with Crippen LogP contribution in [0.3, 0.4) is 0 Å². The van der Waals surface area contributed by atoms with Gasteiger partial charge >= 0.3 is 5.97 Å². The number of carboxylic acid groups (broad SMARTS) is 1. The summed E-state index contributed by atoms with van der Waals surface area (Å²) in [5.41, 5.74) is -2.06. The van der Waals surface area contributed by atoms with E-state index in [9.17, 15) is 9.90 Å². The summed E-state index contributed by atoms with van der Waals surface area (Å²) in [7, 11) is 0. The van der Waals surface area contributed by atoms with E-state index in [1.54, 1.807) is 13.8 Å². The van der Waals surface area contributed by atoms with E-state index in [0.29, 0.717) is 5.75 Å². The van der Waals surface area contributed by atoms with Crippen LogP contribution < -0.4 is 0 Å². The molecule has 1 unspecified atom stereocenters. The van der Waals surface area contributed by atoms with E-state index in [4.69, 9.17) is 5.11 Å². The molecule has 0 spiro atoms. The first kappa shape index (κ1) is 9.86. The molecule has 0 bridgehead atoms. The van der Waals surface area contributed by atoms with Crippen molar-refractivity contribution in [1.82, 2.24) is 0 Å². The summed E-state index contributed by atoms with van der Waals surface area (Å²) < 4.78 is 0. The summed E-state index contributed by atoms with van der Waals surface area (Å²) in [6.45, 7) is 3.61. The zero-order valence-corrected chi connectivity index (χ0v) is 8.15. The minimum absolute atomic E-state index is 0.301. The molecule has 0 radical (unpaired) electrons. The van der Waals surface area contributed by atoms with Crippen LogP contribution in [0.15, 0.2) is 0 Å². The van der Waals surface area contributed by atoms with E-state index in [0.717, 1.165) is 12.2 Å². The molecule has 2 N–H and O–H groups in total. The molecule has 0 aromatic heterocycles. The minimum Gasteiger partial charge on any atom is -0.479 e. The van der Waals surface area contributed by atoms with Gasteiger partial charge in [-0.25, -0.2) is 4.79 Å². The van der Waals surface area contributed by atoms with Gasteiger partial charge in [0, 0.05) is 11.2 Å². The van der Waals surface area contributed by atoms with E-state index < -0.39 is 17.0 Å². The summed E-state index contributed by atoms with van der Waals surface area (Å²) in [5.74, 6) is 0.137. The molecule has 1 atom stereocenters. The Morgan fingerprint density at radius 2 is 2.08 bits per heavy atom. The van der Waals surface area contributed by atoms with Gasteiger partial charge in [-0.3, -0.25) is 0 Å². The van der Waals surface area contributed by atoms with Crippen molar-refractivity contribution in [2.45, 2.75) is 25.9 Å². The Morgan fingerprint density at radius 3 is 2.42 bits per heavy atom. The second-order valence-electron chi connectivity index (χ2n) is 3.85. The Hall–Kier alpha value is -0.220. The highest BCUT2D eigenvalue weighted by Gasteiger charge is 2.51.